The van der Waals surface area contributed by atoms with E-state index in [1.54, 1.807) is 50.2 Å². The van der Waals surface area contributed by atoms with Gasteiger partial charge in [-0.2, -0.15) is 0 Å². The maximum Gasteiger partial charge on any atom is 0.264 e. The number of amides is 2. The van der Waals surface area contributed by atoms with E-state index in [1.165, 1.54) is 17.0 Å². The van der Waals surface area contributed by atoms with Crippen LogP contribution in [0.3, 0.4) is 0 Å². The number of hydrogen-bond acceptors (Lipinski definition) is 5. The first-order chi connectivity index (χ1) is 18.6. The molecule has 10 heteroatoms. The van der Waals surface area contributed by atoms with Gasteiger partial charge in [-0.15, -0.1) is 0 Å². The average molecular weight is 617 g/mol. The Morgan fingerprint density at radius 3 is 2.21 bits per heavy atom. The van der Waals surface area contributed by atoms with Gasteiger partial charge in [0.05, 0.1) is 17.2 Å². The van der Waals surface area contributed by atoms with Gasteiger partial charge in [0.15, 0.2) is 0 Å². The van der Waals surface area contributed by atoms with Gasteiger partial charge < -0.3 is 15.0 Å². The molecular weight excluding hydrogens is 582 g/mol. The Kier molecular flexibility index (Phi) is 10.5. The van der Waals surface area contributed by atoms with E-state index in [0.717, 1.165) is 19.9 Å². The maximum absolute atomic E-state index is 13.9. The highest BCUT2D eigenvalue weighted by Gasteiger charge is 2.32. The summed E-state index contributed by atoms with van der Waals surface area (Å²) in [7, 11) is -4.14. The lowest BCUT2D eigenvalue weighted by molar-refractivity contribution is -0.139. The van der Waals surface area contributed by atoms with Crippen molar-refractivity contribution in [2.75, 3.05) is 24.0 Å². The van der Waals surface area contributed by atoms with Gasteiger partial charge in [0, 0.05) is 17.6 Å². The van der Waals surface area contributed by atoms with Crippen molar-refractivity contribution < 1.29 is 22.7 Å². The van der Waals surface area contributed by atoms with Crippen molar-refractivity contribution in [2.45, 2.75) is 45.2 Å². The molecule has 0 heterocycles. The van der Waals surface area contributed by atoms with Crippen molar-refractivity contribution in [1.82, 2.24) is 10.2 Å². The first kappa shape index (κ1) is 30.2. The highest BCUT2D eigenvalue weighted by atomic mass is 79.9. The molecule has 0 bridgehead atoms. The van der Waals surface area contributed by atoms with Crippen molar-refractivity contribution in [3.63, 3.8) is 0 Å². The van der Waals surface area contributed by atoms with Crippen molar-refractivity contribution >= 4 is 43.5 Å². The monoisotopic (exact) mass is 615 g/mol. The topological polar surface area (TPSA) is 96.0 Å². The quantitative estimate of drug-likeness (QED) is 0.312. The van der Waals surface area contributed by atoms with Gasteiger partial charge in [0.2, 0.25) is 11.8 Å². The molecule has 0 aliphatic heterocycles. The number of aryl methyl sites for hydroxylation is 1. The number of rotatable bonds is 12. The number of nitrogens with one attached hydrogen (secondary N) is 1. The van der Waals surface area contributed by atoms with Gasteiger partial charge >= 0.3 is 0 Å². The van der Waals surface area contributed by atoms with Crippen LogP contribution in [0.2, 0.25) is 0 Å². The van der Waals surface area contributed by atoms with E-state index in [0.29, 0.717) is 24.6 Å². The second-order valence-electron chi connectivity index (χ2n) is 8.91. The zero-order valence-corrected chi connectivity index (χ0v) is 25.0. The van der Waals surface area contributed by atoms with Crippen LogP contribution in [0.15, 0.2) is 82.2 Å². The Morgan fingerprint density at radius 1 is 0.974 bits per heavy atom. The normalized spacial score (nSPS) is 11.9. The van der Waals surface area contributed by atoms with E-state index in [1.807, 2.05) is 38.1 Å². The predicted octanol–water partition coefficient (Wildman–Crippen LogP) is 4.90. The van der Waals surface area contributed by atoms with Crippen molar-refractivity contribution in [3.05, 3.63) is 88.4 Å². The number of carbonyl (C=O) groups is 2. The molecule has 0 spiro atoms. The molecule has 3 aromatic carbocycles. The molecule has 208 valence electrons. The third kappa shape index (κ3) is 7.60. The van der Waals surface area contributed by atoms with Crippen LogP contribution >= 0.6 is 15.9 Å². The zero-order chi connectivity index (χ0) is 28.6. The summed E-state index contributed by atoms with van der Waals surface area (Å²) in [5, 5.41) is 2.76. The minimum absolute atomic E-state index is 0.0367. The zero-order valence-electron chi connectivity index (χ0n) is 22.6. The van der Waals surface area contributed by atoms with Crippen LogP contribution in [0.4, 0.5) is 5.69 Å². The molecule has 1 atom stereocenters. The maximum atomic E-state index is 13.9. The summed E-state index contributed by atoms with van der Waals surface area (Å²) in [5.74, 6) is -0.242. The number of halogens is 1. The van der Waals surface area contributed by atoms with Gasteiger partial charge in [-0.1, -0.05) is 40.2 Å². The van der Waals surface area contributed by atoms with Crippen LogP contribution in [0.25, 0.3) is 0 Å². The lowest BCUT2D eigenvalue weighted by Gasteiger charge is -2.32. The fourth-order valence-electron chi connectivity index (χ4n) is 4.01. The van der Waals surface area contributed by atoms with Gasteiger partial charge in [-0.05, 0) is 87.4 Å². The van der Waals surface area contributed by atoms with E-state index in [9.17, 15) is 18.0 Å². The van der Waals surface area contributed by atoms with Gasteiger partial charge in [-0.3, -0.25) is 13.9 Å². The van der Waals surface area contributed by atoms with Crippen LogP contribution in [-0.2, 0) is 26.2 Å². The summed E-state index contributed by atoms with van der Waals surface area (Å²) in [5.41, 5.74) is 2.13. The number of hydrogen-bond donors (Lipinski definition) is 1. The first-order valence-electron chi connectivity index (χ1n) is 12.7. The summed E-state index contributed by atoms with van der Waals surface area (Å²) in [6.07, 6.45) is 0. The molecule has 0 radical (unpaired) electrons. The third-order valence-electron chi connectivity index (χ3n) is 6.24. The van der Waals surface area contributed by atoms with E-state index in [2.05, 4.69) is 21.2 Å². The number of benzene rings is 3. The number of ether oxygens (including phenoxy) is 1. The molecule has 0 saturated heterocycles. The second-order valence-corrected chi connectivity index (χ2v) is 11.7. The van der Waals surface area contributed by atoms with E-state index < -0.39 is 28.5 Å². The molecule has 1 unspecified atom stereocenters. The van der Waals surface area contributed by atoms with E-state index in [4.69, 9.17) is 4.74 Å². The van der Waals surface area contributed by atoms with Crippen LogP contribution in [0.1, 0.15) is 31.9 Å². The molecule has 0 aliphatic carbocycles. The molecule has 2 amide bonds. The first-order valence-corrected chi connectivity index (χ1v) is 14.9. The van der Waals surface area contributed by atoms with Crippen LogP contribution < -0.4 is 14.4 Å². The summed E-state index contributed by atoms with van der Waals surface area (Å²) in [6.45, 7) is 7.76. The number of carbonyl (C=O) groups excluding carboxylic acids is 2. The van der Waals surface area contributed by atoms with E-state index in [-0.39, 0.29) is 17.3 Å². The standard InChI is InChI=1S/C29H34BrN3O5S/c1-5-31-29(35)22(4)32(19-23-10-8-7-9-21(23)3)28(34)20-33(25-13-15-26(16-14-25)38-6-2)39(36,37)27-17-11-24(30)12-18-27/h7-18,22H,5-6,19-20H2,1-4H3,(H,31,35). The van der Waals surface area contributed by atoms with Gasteiger partial charge in [0.25, 0.3) is 10.0 Å². The minimum Gasteiger partial charge on any atom is -0.494 e. The number of likely N-dealkylation sites (N-methyl/N-ethyl adjacent to an activating group) is 1. The predicted molar refractivity (Wildman–Crippen MR) is 156 cm³/mol. The third-order valence-corrected chi connectivity index (χ3v) is 8.55. The Hall–Kier alpha value is -3.37. The summed E-state index contributed by atoms with van der Waals surface area (Å²) in [4.78, 5) is 28.2. The summed E-state index contributed by atoms with van der Waals surface area (Å²) in [6, 6.07) is 19.5. The number of sulfonamides is 1. The van der Waals surface area contributed by atoms with Gasteiger partial charge in [0.1, 0.15) is 18.3 Å². The molecule has 8 nitrogen and oxygen atoms in total. The molecule has 3 aromatic rings. The lowest BCUT2D eigenvalue weighted by atomic mass is 10.1. The molecule has 0 aliphatic rings. The highest BCUT2D eigenvalue weighted by molar-refractivity contribution is 9.10. The summed E-state index contributed by atoms with van der Waals surface area (Å²) < 4.78 is 35.0. The number of anilines is 1. The highest BCUT2D eigenvalue weighted by Crippen LogP contribution is 2.27. The molecular formula is C29H34BrN3O5S. The molecule has 3 rings (SSSR count). The molecule has 0 saturated carbocycles. The van der Waals surface area contributed by atoms with Crippen molar-refractivity contribution in [2.24, 2.45) is 0 Å². The lowest BCUT2D eigenvalue weighted by Crippen LogP contribution is -2.51. The molecule has 1 N–H and O–H groups in total. The fraction of sp³-hybridized carbons (Fsp3) is 0.310. The Morgan fingerprint density at radius 2 is 1.62 bits per heavy atom. The smallest absolute Gasteiger partial charge is 0.264 e. The van der Waals surface area contributed by atoms with E-state index >= 15 is 0 Å². The van der Waals surface area contributed by atoms with Crippen molar-refractivity contribution in [3.8, 4) is 5.75 Å². The van der Waals surface area contributed by atoms with Gasteiger partial charge in [-0.25, -0.2) is 8.42 Å². The molecule has 0 fully saturated rings. The van der Waals surface area contributed by atoms with Crippen LogP contribution in [0, 0.1) is 6.92 Å². The van der Waals surface area contributed by atoms with Crippen LogP contribution in [0.5, 0.6) is 5.75 Å². The Balaban J connectivity index is 2.04. The fourth-order valence-corrected chi connectivity index (χ4v) is 5.69. The van der Waals surface area contributed by atoms with Crippen molar-refractivity contribution in [1.29, 1.82) is 0 Å². The average Bonchev–Trinajstić information content (AvgIpc) is 2.92. The second kappa shape index (κ2) is 13.6. The largest absolute Gasteiger partial charge is 0.494 e. The minimum atomic E-state index is -4.14. The Labute approximate surface area is 239 Å². The number of nitrogens with zero attached hydrogens (tertiary/aromatic N) is 2. The molecule has 0 aromatic heterocycles. The summed E-state index contributed by atoms with van der Waals surface area (Å²) >= 11 is 3.33. The Bertz CT molecular complexity index is 1380. The SMILES string of the molecule is CCNC(=O)C(C)N(Cc1ccccc1C)C(=O)CN(c1ccc(OCC)cc1)S(=O)(=O)c1ccc(Br)cc1. The molecule has 39 heavy (non-hydrogen) atoms. The van der Waals surface area contributed by atoms with Crippen LogP contribution in [-0.4, -0.2) is 50.9 Å².